The third-order valence-corrected chi connectivity index (χ3v) is 7.66. The third-order valence-electron chi connectivity index (χ3n) is 7.66. The topological polar surface area (TPSA) is 43.6 Å². The first-order valence-corrected chi connectivity index (χ1v) is 13.7. The van der Waals surface area contributed by atoms with E-state index >= 15 is 0 Å². The minimum Gasteiger partial charge on any atom is -0.292 e. The van der Waals surface area contributed by atoms with Gasteiger partial charge in [0.2, 0.25) is 0 Å². The first kappa shape index (κ1) is 23.3. The summed E-state index contributed by atoms with van der Waals surface area (Å²) in [5, 5.41) is 2.22. The van der Waals surface area contributed by atoms with Crippen molar-refractivity contribution >= 4 is 32.8 Å². The van der Waals surface area contributed by atoms with E-state index in [1.165, 1.54) is 0 Å². The number of hydrogen-bond donors (Lipinski definition) is 0. The van der Waals surface area contributed by atoms with Gasteiger partial charge in [0.1, 0.15) is 5.82 Å². The molecule has 0 aliphatic carbocycles. The summed E-state index contributed by atoms with van der Waals surface area (Å²) in [6, 6.07) is 46.3. The van der Waals surface area contributed by atoms with E-state index in [0.717, 1.165) is 72.2 Å². The van der Waals surface area contributed by atoms with Gasteiger partial charge in [-0.1, -0.05) is 78.9 Å². The van der Waals surface area contributed by atoms with Crippen molar-refractivity contribution in [1.82, 2.24) is 19.5 Å². The van der Waals surface area contributed by atoms with Crippen molar-refractivity contribution in [3.63, 3.8) is 0 Å². The van der Waals surface area contributed by atoms with E-state index in [9.17, 15) is 0 Å². The molecule has 0 aliphatic rings. The maximum absolute atomic E-state index is 5.22. The molecule has 3 aromatic heterocycles. The molecule has 0 bridgehead atoms. The highest BCUT2D eigenvalue weighted by Crippen LogP contribution is 2.39. The summed E-state index contributed by atoms with van der Waals surface area (Å²) < 4.78 is 2.26. The lowest BCUT2D eigenvalue weighted by molar-refractivity contribution is 1.10. The number of nitrogens with zero attached hydrogens (tertiary/aromatic N) is 4. The number of rotatable bonds is 4. The molecule has 8 rings (SSSR count). The standard InChI is InChI=1S/C37H24N4/c1-2-12-30(13-3-1)41-36-17-9-8-16-35(36)40-37(41)32-22-25(28-20-26-10-4-6-14-33(26)38-23-28)18-19-31(32)29-21-27-11-5-7-15-34(27)39-24-29/h1-24H. The van der Waals surface area contributed by atoms with E-state index in [1.54, 1.807) is 0 Å². The lowest BCUT2D eigenvalue weighted by Gasteiger charge is -2.15. The predicted octanol–water partition coefficient (Wildman–Crippen LogP) is 9.12. The molecule has 8 aromatic rings. The summed E-state index contributed by atoms with van der Waals surface area (Å²) in [5.74, 6) is 0.885. The zero-order valence-corrected chi connectivity index (χ0v) is 22.1. The normalized spacial score (nSPS) is 11.4. The van der Waals surface area contributed by atoms with Crippen LogP contribution >= 0.6 is 0 Å². The predicted molar refractivity (Wildman–Crippen MR) is 168 cm³/mol. The van der Waals surface area contributed by atoms with Gasteiger partial charge in [-0.05, 0) is 65.7 Å². The first-order chi connectivity index (χ1) is 20.3. The maximum Gasteiger partial charge on any atom is 0.146 e. The van der Waals surface area contributed by atoms with E-state index in [1.807, 2.05) is 48.8 Å². The molecule has 3 heterocycles. The van der Waals surface area contributed by atoms with Crippen molar-refractivity contribution in [3.8, 4) is 39.3 Å². The molecule has 0 saturated carbocycles. The van der Waals surface area contributed by atoms with Crippen molar-refractivity contribution in [2.75, 3.05) is 0 Å². The van der Waals surface area contributed by atoms with Gasteiger partial charge in [-0.25, -0.2) is 4.98 Å². The van der Waals surface area contributed by atoms with Crippen LogP contribution in [0.3, 0.4) is 0 Å². The molecular weight excluding hydrogens is 500 g/mol. The van der Waals surface area contributed by atoms with Crippen LogP contribution in [-0.2, 0) is 0 Å². The van der Waals surface area contributed by atoms with E-state index in [4.69, 9.17) is 15.0 Å². The molecule has 5 aromatic carbocycles. The zero-order chi connectivity index (χ0) is 27.2. The fourth-order valence-corrected chi connectivity index (χ4v) is 5.65. The van der Waals surface area contributed by atoms with Crippen molar-refractivity contribution in [1.29, 1.82) is 0 Å². The number of benzene rings is 5. The minimum atomic E-state index is 0.885. The average molecular weight is 525 g/mol. The Morgan fingerprint density at radius 2 is 1.05 bits per heavy atom. The number of para-hydroxylation sites is 5. The van der Waals surface area contributed by atoms with Gasteiger partial charge in [0, 0.05) is 45.5 Å². The van der Waals surface area contributed by atoms with Crippen molar-refractivity contribution in [3.05, 3.63) is 146 Å². The Morgan fingerprint density at radius 3 is 1.80 bits per heavy atom. The highest BCUT2D eigenvalue weighted by molar-refractivity contribution is 5.93. The number of aromatic nitrogens is 4. The molecule has 41 heavy (non-hydrogen) atoms. The summed E-state index contributed by atoms with van der Waals surface area (Å²) in [6.45, 7) is 0. The smallest absolute Gasteiger partial charge is 0.146 e. The number of hydrogen-bond acceptors (Lipinski definition) is 3. The Balaban J connectivity index is 1.42. The molecule has 0 spiro atoms. The monoisotopic (exact) mass is 524 g/mol. The number of imidazole rings is 1. The summed E-state index contributed by atoms with van der Waals surface area (Å²) >= 11 is 0. The van der Waals surface area contributed by atoms with Gasteiger partial charge in [-0.15, -0.1) is 0 Å². The number of pyridine rings is 2. The largest absolute Gasteiger partial charge is 0.292 e. The van der Waals surface area contributed by atoms with Gasteiger partial charge in [-0.3, -0.25) is 14.5 Å². The molecule has 0 fully saturated rings. The molecule has 0 atom stereocenters. The molecular formula is C37H24N4. The SMILES string of the molecule is c1ccc(-n2c(-c3cc(-c4cnc5ccccc5c4)ccc3-c3cnc4ccccc4c3)nc3ccccc32)cc1. The van der Waals surface area contributed by atoms with Crippen LogP contribution in [0.25, 0.3) is 72.2 Å². The van der Waals surface area contributed by atoms with E-state index in [0.29, 0.717) is 0 Å². The summed E-state index contributed by atoms with van der Waals surface area (Å²) in [6.07, 6.45) is 3.92. The maximum atomic E-state index is 5.22. The summed E-state index contributed by atoms with van der Waals surface area (Å²) in [7, 11) is 0. The molecule has 0 radical (unpaired) electrons. The van der Waals surface area contributed by atoms with Gasteiger partial charge in [-0.2, -0.15) is 0 Å². The van der Waals surface area contributed by atoms with Crippen LogP contribution < -0.4 is 0 Å². The molecule has 0 saturated heterocycles. The lowest BCUT2D eigenvalue weighted by Crippen LogP contribution is -1.99. The van der Waals surface area contributed by atoms with E-state index in [-0.39, 0.29) is 0 Å². The first-order valence-electron chi connectivity index (χ1n) is 13.7. The van der Waals surface area contributed by atoms with Crippen molar-refractivity contribution < 1.29 is 0 Å². The lowest BCUT2D eigenvalue weighted by atomic mass is 9.94. The summed E-state index contributed by atoms with van der Waals surface area (Å²) in [4.78, 5) is 14.8. The fraction of sp³-hybridized carbons (Fsp3) is 0. The second-order valence-corrected chi connectivity index (χ2v) is 10.2. The van der Waals surface area contributed by atoms with Crippen LogP contribution in [0.5, 0.6) is 0 Å². The Labute approximate surface area is 237 Å². The van der Waals surface area contributed by atoms with Gasteiger partial charge < -0.3 is 0 Å². The Kier molecular flexibility index (Phi) is 5.42. The van der Waals surface area contributed by atoms with E-state index < -0.39 is 0 Å². The Hall–Kier alpha value is -5.61. The van der Waals surface area contributed by atoms with E-state index in [2.05, 4.69) is 102 Å². The van der Waals surface area contributed by atoms with Crippen LogP contribution in [0.15, 0.2) is 146 Å². The van der Waals surface area contributed by atoms with Crippen molar-refractivity contribution in [2.24, 2.45) is 0 Å². The van der Waals surface area contributed by atoms with Gasteiger partial charge >= 0.3 is 0 Å². The van der Waals surface area contributed by atoms with Crippen LogP contribution in [0, 0.1) is 0 Å². The second kappa shape index (κ2) is 9.54. The minimum absolute atomic E-state index is 0.885. The molecule has 0 amide bonds. The van der Waals surface area contributed by atoms with Crippen LogP contribution in [0.1, 0.15) is 0 Å². The van der Waals surface area contributed by atoms with Crippen LogP contribution in [0.4, 0.5) is 0 Å². The zero-order valence-electron chi connectivity index (χ0n) is 22.1. The van der Waals surface area contributed by atoms with Gasteiger partial charge in [0.05, 0.1) is 22.1 Å². The molecule has 4 nitrogen and oxygen atoms in total. The van der Waals surface area contributed by atoms with Gasteiger partial charge in [0.25, 0.3) is 0 Å². The highest BCUT2D eigenvalue weighted by Gasteiger charge is 2.19. The molecule has 0 aliphatic heterocycles. The second-order valence-electron chi connectivity index (χ2n) is 10.2. The molecule has 4 heteroatoms. The fourth-order valence-electron chi connectivity index (χ4n) is 5.65. The average Bonchev–Trinajstić information content (AvgIpc) is 3.44. The Morgan fingerprint density at radius 1 is 0.439 bits per heavy atom. The summed E-state index contributed by atoms with van der Waals surface area (Å²) in [5.41, 5.74) is 10.4. The van der Waals surface area contributed by atoms with Crippen molar-refractivity contribution in [2.45, 2.75) is 0 Å². The Bertz CT molecular complexity index is 2210. The number of fused-ring (bicyclic) bond motifs is 3. The molecule has 0 N–H and O–H groups in total. The quantitative estimate of drug-likeness (QED) is 0.231. The third kappa shape index (κ3) is 4.05. The highest BCUT2D eigenvalue weighted by atomic mass is 15.1. The van der Waals surface area contributed by atoms with Gasteiger partial charge in [0.15, 0.2) is 0 Å². The van der Waals surface area contributed by atoms with Crippen LogP contribution in [0.2, 0.25) is 0 Å². The molecule has 192 valence electrons. The molecule has 0 unspecified atom stereocenters. The van der Waals surface area contributed by atoms with Crippen LogP contribution in [-0.4, -0.2) is 19.5 Å².